The van der Waals surface area contributed by atoms with Crippen molar-refractivity contribution in [3.8, 4) is 11.6 Å². The van der Waals surface area contributed by atoms with Crippen LogP contribution in [0.25, 0.3) is 0 Å². The summed E-state index contributed by atoms with van der Waals surface area (Å²) in [5.74, 6) is 1.06. The molecule has 0 radical (unpaired) electrons. The molecule has 0 aliphatic heterocycles. The number of hydrogen-bond donors (Lipinski definition) is 1. The van der Waals surface area contributed by atoms with Crippen LogP contribution < -0.4 is 10.5 Å². The van der Waals surface area contributed by atoms with E-state index in [9.17, 15) is 0 Å². The predicted octanol–water partition coefficient (Wildman–Crippen LogP) is 3.38. The standard InChI is InChI=1S/C10H7Br2N3O/c11-7-2-1-6(13)3-9(7)16-10-8(12)4-14-5-15-10/h1-5H,13H2. The van der Waals surface area contributed by atoms with Gasteiger partial charge in [-0.3, -0.25) is 0 Å². The van der Waals surface area contributed by atoms with E-state index in [1.165, 1.54) is 6.33 Å². The highest BCUT2D eigenvalue weighted by atomic mass is 79.9. The fourth-order valence-electron chi connectivity index (χ4n) is 1.08. The van der Waals surface area contributed by atoms with Crippen LogP contribution in [0.3, 0.4) is 0 Å². The lowest BCUT2D eigenvalue weighted by Gasteiger charge is -2.08. The van der Waals surface area contributed by atoms with Crippen molar-refractivity contribution in [1.82, 2.24) is 9.97 Å². The third-order valence-corrected chi connectivity index (χ3v) is 2.99. The topological polar surface area (TPSA) is 61.0 Å². The summed E-state index contributed by atoms with van der Waals surface area (Å²) in [5, 5.41) is 0. The molecule has 0 saturated heterocycles. The van der Waals surface area contributed by atoms with Gasteiger partial charge in [-0.25, -0.2) is 9.97 Å². The zero-order valence-electron chi connectivity index (χ0n) is 8.02. The molecule has 1 heterocycles. The van der Waals surface area contributed by atoms with Crippen LogP contribution in [0.5, 0.6) is 11.6 Å². The molecule has 0 aliphatic rings. The molecule has 0 aliphatic carbocycles. The molecule has 6 heteroatoms. The number of ether oxygens (including phenoxy) is 1. The molecule has 0 spiro atoms. The number of aromatic nitrogens is 2. The summed E-state index contributed by atoms with van der Waals surface area (Å²) in [4.78, 5) is 7.85. The average Bonchev–Trinajstić information content (AvgIpc) is 2.27. The van der Waals surface area contributed by atoms with Gasteiger partial charge >= 0.3 is 0 Å². The van der Waals surface area contributed by atoms with Crippen molar-refractivity contribution in [2.24, 2.45) is 0 Å². The van der Waals surface area contributed by atoms with Gasteiger partial charge in [0.1, 0.15) is 12.1 Å². The maximum absolute atomic E-state index is 5.67. The molecule has 0 amide bonds. The number of halogens is 2. The number of benzene rings is 1. The van der Waals surface area contributed by atoms with E-state index in [1.54, 1.807) is 18.3 Å². The van der Waals surface area contributed by atoms with E-state index in [2.05, 4.69) is 41.8 Å². The van der Waals surface area contributed by atoms with E-state index < -0.39 is 0 Å². The van der Waals surface area contributed by atoms with Gasteiger partial charge in [-0.1, -0.05) is 0 Å². The quantitative estimate of drug-likeness (QED) is 0.848. The zero-order valence-corrected chi connectivity index (χ0v) is 11.2. The fourth-order valence-corrected chi connectivity index (χ4v) is 1.71. The average molecular weight is 345 g/mol. The van der Waals surface area contributed by atoms with Gasteiger partial charge in [-0.15, -0.1) is 0 Å². The van der Waals surface area contributed by atoms with Crippen LogP contribution in [-0.2, 0) is 0 Å². The molecule has 2 rings (SSSR count). The number of rotatable bonds is 2. The van der Waals surface area contributed by atoms with Gasteiger partial charge in [0.2, 0.25) is 5.88 Å². The van der Waals surface area contributed by atoms with Crippen LogP contribution in [0.4, 0.5) is 5.69 Å². The Morgan fingerprint density at radius 2 is 2.00 bits per heavy atom. The molecule has 82 valence electrons. The molecular weight excluding hydrogens is 338 g/mol. The molecule has 4 nitrogen and oxygen atoms in total. The lowest BCUT2D eigenvalue weighted by Crippen LogP contribution is -1.92. The summed E-state index contributed by atoms with van der Waals surface area (Å²) in [6.45, 7) is 0. The van der Waals surface area contributed by atoms with E-state index in [0.717, 1.165) is 4.47 Å². The number of nitrogen functional groups attached to an aromatic ring is 1. The molecule has 0 saturated carbocycles. The summed E-state index contributed by atoms with van der Waals surface area (Å²) in [6.07, 6.45) is 3.03. The Hall–Kier alpha value is -1.14. The van der Waals surface area contributed by atoms with Crippen LogP contribution in [0.15, 0.2) is 39.7 Å². The summed E-state index contributed by atoms with van der Waals surface area (Å²) in [5.41, 5.74) is 6.30. The Kier molecular flexibility index (Phi) is 3.40. The second-order valence-corrected chi connectivity index (χ2v) is 4.68. The van der Waals surface area contributed by atoms with Crippen LogP contribution in [0.2, 0.25) is 0 Å². The van der Waals surface area contributed by atoms with Gasteiger partial charge < -0.3 is 10.5 Å². The van der Waals surface area contributed by atoms with Crippen LogP contribution in [-0.4, -0.2) is 9.97 Å². The number of anilines is 1. The summed E-state index contributed by atoms with van der Waals surface area (Å²) >= 11 is 6.67. The lowest BCUT2D eigenvalue weighted by molar-refractivity contribution is 0.455. The maximum Gasteiger partial charge on any atom is 0.236 e. The SMILES string of the molecule is Nc1ccc(Br)c(Oc2ncncc2Br)c1. The lowest BCUT2D eigenvalue weighted by atomic mass is 10.3. The third kappa shape index (κ3) is 2.51. The first-order valence-corrected chi connectivity index (χ1v) is 5.94. The highest BCUT2D eigenvalue weighted by Gasteiger charge is 2.07. The molecule has 16 heavy (non-hydrogen) atoms. The smallest absolute Gasteiger partial charge is 0.236 e. The van der Waals surface area contributed by atoms with E-state index in [1.807, 2.05) is 6.07 Å². The van der Waals surface area contributed by atoms with Gasteiger partial charge in [0.15, 0.2) is 0 Å². The second kappa shape index (κ2) is 4.80. The van der Waals surface area contributed by atoms with Crippen LogP contribution in [0, 0.1) is 0 Å². The van der Waals surface area contributed by atoms with Crippen molar-refractivity contribution in [2.75, 3.05) is 5.73 Å². The Morgan fingerprint density at radius 1 is 1.19 bits per heavy atom. The van der Waals surface area contributed by atoms with Crippen molar-refractivity contribution >= 4 is 37.5 Å². The van der Waals surface area contributed by atoms with E-state index in [-0.39, 0.29) is 0 Å². The highest BCUT2D eigenvalue weighted by Crippen LogP contribution is 2.33. The zero-order chi connectivity index (χ0) is 11.5. The van der Waals surface area contributed by atoms with Crippen LogP contribution in [0.1, 0.15) is 0 Å². The van der Waals surface area contributed by atoms with Crippen LogP contribution >= 0.6 is 31.9 Å². The minimum atomic E-state index is 0.446. The first-order valence-electron chi connectivity index (χ1n) is 4.35. The normalized spacial score (nSPS) is 10.1. The highest BCUT2D eigenvalue weighted by molar-refractivity contribution is 9.11. The van der Waals surface area contributed by atoms with E-state index in [4.69, 9.17) is 10.5 Å². The number of hydrogen-bond acceptors (Lipinski definition) is 4. The molecule has 0 atom stereocenters. The van der Waals surface area contributed by atoms with Crippen molar-refractivity contribution in [1.29, 1.82) is 0 Å². The van der Waals surface area contributed by atoms with Gasteiger partial charge in [0, 0.05) is 18.0 Å². The first-order chi connectivity index (χ1) is 7.66. The van der Waals surface area contributed by atoms with Gasteiger partial charge in [-0.2, -0.15) is 0 Å². The Labute approximate surface area is 109 Å². The summed E-state index contributed by atoms with van der Waals surface area (Å²) in [7, 11) is 0. The number of nitrogens with two attached hydrogens (primary N) is 1. The third-order valence-electron chi connectivity index (χ3n) is 1.80. The second-order valence-electron chi connectivity index (χ2n) is 2.97. The first kappa shape index (κ1) is 11.3. The van der Waals surface area contributed by atoms with Gasteiger partial charge in [-0.05, 0) is 44.0 Å². The van der Waals surface area contributed by atoms with Gasteiger partial charge in [0.25, 0.3) is 0 Å². The summed E-state index contributed by atoms with van der Waals surface area (Å²) in [6, 6.07) is 5.32. The molecular formula is C10H7Br2N3O. The molecule has 2 aromatic rings. The Morgan fingerprint density at radius 3 is 2.75 bits per heavy atom. The van der Waals surface area contributed by atoms with E-state index in [0.29, 0.717) is 21.8 Å². The molecule has 0 unspecified atom stereocenters. The molecule has 2 N–H and O–H groups in total. The minimum Gasteiger partial charge on any atom is -0.436 e. The van der Waals surface area contributed by atoms with Crippen molar-refractivity contribution < 1.29 is 4.74 Å². The molecule has 1 aromatic heterocycles. The predicted molar refractivity (Wildman–Crippen MR) is 68.4 cm³/mol. The largest absolute Gasteiger partial charge is 0.436 e. The van der Waals surface area contributed by atoms with Crippen molar-refractivity contribution in [2.45, 2.75) is 0 Å². The van der Waals surface area contributed by atoms with Gasteiger partial charge in [0.05, 0.1) is 8.95 Å². The molecule has 1 aromatic carbocycles. The van der Waals surface area contributed by atoms with Crippen molar-refractivity contribution in [3.63, 3.8) is 0 Å². The Balaban J connectivity index is 2.34. The summed E-state index contributed by atoms with van der Waals surface area (Å²) < 4.78 is 7.09. The maximum atomic E-state index is 5.67. The number of nitrogens with zero attached hydrogens (tertiary/aromatic N) is 2. The molecule has 0 bridgehead atoms. The van der Waals surface area contributed by atoms with Crippen molar-refractivity contribution in [3.05, 3.63) is 39.7 Å². The Bertz CT molecular complexity index is 519. The molecule has 0 fully saturated rings. The van der Waals surface area contributed by atoms with E-state index >= 15 is 0 Å². The monoisotopic (exact) mass is 343 g/mol. The minimum absolute atomic E-state index is 0.446. The fraction of sp³-hybridized carbons (Fsp3) is 0.